The van der Waals surface area contributed by atoms with Crippen molar-refractivity contribution in [2.45, 2.75) is 46.1 Å². The summed E-state index contributed by atoms with van der Waals surface area (Å²) in [4.78, 5) is 16.4. The quantitative estimate of drug-likeness (QED) is 0.842. The normalized spacial score (nSPS) is 20.3. The third kappa shape index (κ3) is 5.49. The molecule has 0 aliphatic carbocycles. The van der Waals surface area contributed by atoms with E-state index in [2.05, 4.69) is 32.7 Å². The fourth-order valence-corrected chi connectivity index (χ4v) is 2.38. The number of piperidine rings is 1. The lowest BCUT2D eigenvalue weighted by atomic mass is 9.85. The number of nitrogens with two attached hydrogens (primary N) is 1. The minimum Gasteiger partial charge on any atom is -0.345 e. The van der Waals surface area contributed by atoms with Gasteiger partial charge in [-0.25, -0.2) is 0 Å². The molecule has 2 N–H and O–H groups in total. The van der Waals surface area contributed by atoms with Crippen LogP contribution in [-0.4, -0.2) is 55.5 Å². The lowest BCUT2D eigenvalue weighted by Crippen LogP contribution is -2.43. The van der Waals surface area contributed by atoms with Gasteiger partial charge < -0.3 is 15.5 Å². The van der Waals surface area contributed by atoms with Crippen LogP contribution in [0.25, 0.3) is 0 Å². The minimum absolute atomic E-state index is 0.00987. The first-order chi connectivity index (χ1) is 8.70. The van der Waals surface area contributed by atoms with Crippen molar-refractivity contribution in [1.29, 1.82) is 0 Å². The average Bonchev–Trinajstić information content (AvgIpc) is 2.30. The molecule has 1 unspecified atom stereocenters. The molecule has 1 heterocycles. The van der Waals surface area contributed by atoms with Gasteiger partial charge in [0.1, 0.15) is 0 Å². The van der Waals surface area contributed by atoms with Gasteiger partial charge in [-0.05, 0) is 44.3 Å². The Balaban J connectivity index is 2.36. The van der Waals surface area contributed by atoms with Crippen molar-refractivity contribution in [3.63, 3.8) is 0 Å². The third-order valence-corrected chi connectivity index (χ3v) is 4.30. The topological polar surface area (TPSA) is 49.6 Å². The van der Waals surface area contributed by atoms with Gasteiger partial charge >= 0.3 is 0 Å². The van der Waals surface area contributed by atoms with E-state index in [9.17, 15) is 4.79 Å². The number of amides is 1. The summed E-state index contributed by atoms with van der Waals surface area (Å²) in [6, 6.07) is -0.0695. The largest absolute Gasteiger partial charge is 0.345 e. The molecule has 19 heavy (non-hydrogen) atoms. The number of carbonyl (C=O) groups is 1. The Morgan fingerprint density at radius 1 is 1.37 bits per heavy atom. The van der Waals surface area contributed by atoms with Crippen molar-refractivity contribution in [1.82, 2.24) is 9.80 Å². The van der Waals surface area contributed by atoms with Crippen molar-refractivity contribution in [3.8, 4) is 0 Å². The van der Waals surface area contributed by atoms with Crippen LogP contribution in [0.2, 0.25) is 0 Å². The van der Waals surface area contributed by atoms with Gasteiger partial charge in [0.2, 0.25) is 5.91 Å². The highest BCUT2D eigenvalue weighted by molar-refractivity contribution is 5.76. The maximum atomic E-state index is 12.2. The fraction of sp³-hybridized carbons (Fsp3) is 0.933. The van der Waals surface area contributed by atoms with Crippen LogP contribution in [0.3, 0.4) is 0 Å². The summed E-state index contributed by atoms with van der Waals surface area (Å²) in [5, 5.41) is 0. The van der Waals surface area contributed by atoms with Crippen LogP contribution in [-0.2, 0) is 4.79 Å². The molecule has 4 heteroatoms. The van der Waals surface area contributed by atoms with E-state index in [-0.39, 0.29) is 17.4 Å². The van der Waals surface area contributed by atoms with E-state index in [0.717, 1.165) is 19.6 Å². The molecule has 1 fully saturated rings. The van der Waals surface area contributed by atoms with E-state index in [1.807, 2.05) is 11.9 Å². The minimum atomic E-state index is -0.0695. The van der Waals surface area contributed by atoms with E-state index < -0.39 is 0 Å². The zero-order valence-electron chi connectivity index (χ0n) is 13.3. The van der Waals surface area contributed by atoms with E-state index in [0.29, 0.717) is 12.3 Å². The first kappa shape index (κ1) is 16.4. The van der Waals surface area contributed by atoms with Gasteiger partial charge in [0, 0.05) is 26.1 Å². The summed E-state index contributed by atoms with van der Waals surface area (Å²) >= 11 is 0. The van der Waals surface area contributed by atoms with Crippen LogP contribution < -0.4 is 5.73 Å². The van der Waals surface area contributed by atoms with Gasteiger partial charge in [-0.1, -0.05) is 20.8 Å². The highest BCUT2D eigenvalue weighted by Crippen LogP contribution is 2.21. The molecule has 0 aromatic heterocycles. The molecule has 0 saturated carbocycles. The van der Waals surface area contributed by atoms with Crippen molar-refractivity contribution >= 4 is 5.91 Å². The molecule has 1 amide bonds. The zero-order valence-corrected chi connectivity index (χ0v) is 13.3. The molecule has 1 aliphatic heterocycles. The first-order valence-corrected chi connectivity index (χ1v) is 7.38. The molecule has 0 radical (unpaired) electrons. The van der Waals surface area contributed by atoms with Gasteiger partial charge in [-0.3, -0.25) is 4.79 Å². The van der Waals surface area contributed by atoms with Crippen LogP contribution >= 0.6 is 0 Å². The summed E-state index contributed by atoms with van der Waals surface area (Å²) in [6.07, 6.45) is 2.84. The number of hydrogen-bond donors (Lipinski definition) is 1. The van der Waals surface area contributed by atoms with Gasteiger partial charge in [0.25, 0.3) is 0 Å². The standard InChI is InChI=1S/C15H31N3O/c1-15(2,3)13(16)10-14(19)18(5)11-12-6-8-17(4)9-7-12/h12-13H,6-11,16H2,1-5H3. The Kier molecular flexibility index (Phi) is 5.81. The molecule has 0 aromatic carbocycles. The highest BCUT2D eigenvalue weighted by Gasteiger charge is 2.26. The number of rotatable bonds is 4. The lowest BCUT2D eigenvalue weighted by Gasteiger charge is -2.33. The lowest BCUT2D eigenvalue weighted by molar-refractivity contribution is -0.131. The smallest absolute Gasteiger partial charge is 0.223 e. The Morgan fingerprint density at radius 3 is 2.37 bits per heavy atom. The van der Waals surface area contributed by atoms with E-state index in [1.54, 1.807) is 0 Å². The van der Waals surface area contributed by atoms with Crippen molar-refractivity contribution in [2.75, 3.05) is 33.7 Å². The van der Waals surface area contributed by atoms with Crippen molar-refractivity contribution in [2.24, 2.45) is 17.1 Å². The molecule has 0 aromatic rings. The van der Waals surface area contributed by atoms with Crippen molar-refractivity contribution in [3.05, 3.63) is 0 Å². The number of carbonyl (C=O) groups excluding carboxylic acids is 1. The maximum Gasteiger partial charge on any atom is 0.223 e. The van der Waals surface area contributed by atoms with E-state index in [1.165, 1.54) is 12.8 Å². The summed E-state index contributed by atoms with van der Waals surface area (Å²) in [5.74, 6) is 0.831. The monoisotopic (exact) mass is 269 g/mol. The summed E-state index contributed by atoms with van der Waals surface area (Å²) in [7, 11) is 4.07. The maximum absolute atomic E-state index is 12.2. The molecule has 0 bridgehead atoms. The van der Waals surface area contributed by atoms with Crippen LogP contribution in [0.5, 0.6) is 0 Å². The Morgan fingerprint density at radius 2 is 1.89 bits per heavy atom. The number of nitrogens with zero attached hydrogens (tertiary/aromatic N) is 2. The van der Waals surface area contributed by atoms with Crippen molar-refractivity contribution < 1.29 is 4.79 Å². The van der Waals surface area contributed by atoms with Gasteiger partial charge in [-0.15, -0.1) is 0 Å². The van der Waals surface area contributed by atoms with Gasteiger partial charge in [0.05, 0.1) is 0 Å². The second-order valence-electron chi connectivity index (χ2n) is 7.20. The zero-order chi connectivity index (χ0) is 14.6. The molecule has 112 valence electrons. The van der Waals surface area contributed by atoms with E-state index in [4.69, 9.17) is 5.73 Å². The summed E-state index contributed by atoms with van der Waals surface area (Å²) in [5.41, 5.74) is 6.08. The molecule has 1 aliphatic rings. The third-order valence-electron chi connectivity index (χ3n) is 4.30. The molecule has 4 nitrogen and oxygen atoms in total. The van der Waals surface area contributed by atoms with Crippen LogP contribution in [0.15, 0.2) is 0 Å². The predicted octanol–water partition coefficient (Wildman–Crippen LogP) is 1.55. The Labute approximate surface area is 118 Å². The SMILES string of the molecule is CN1CCC(CN(C)C(=O)CC(N)C(C)(C)C)CC1. The molecule has 1 atom stereocenters. The summed E-state index contributed by atoms with van der Waals surface area (Å²) in [6.45, 7) is 9.43. The molecule has 1 rings (SSSR count). The van der Waals surface area contributed by atoms with Crippen LogP contribution in [0.4, 0.5) is 0 Å². The predicted molar refractivity (Wildman–Crippen MR) is 79.9 cm³/mol. The molecule has 0 spiro atoms. The summed E-state index contributed by atoms with van der Waals surface area (Å²) < 4.78 is 0. The van der Waals surface area contributed by atoms with Gasteiger partial charge in [-0.2, -0.15) is 0 Å². The Bertz CT molecular complexity index is 290. The van der Waals surface area contributed by atoms with Crippen LogP contribution in [0, 0.1) is 11.3 Å². The highest BCUT2D eigenvalue weighted by atomic mass is 16.2. The fourth-order valence-electron chi connectivity index (χ4n) is 2.38. The van der Waals surface area contributed by atoms with Gasteiger partial charge in [0.15, 0.2) is 0 Å². The second-order valence-corrected chi connectivity index (χ2v) is 7.20. The Hall–Kier alpha value is -0.610. The number of hydrogen-bond acceptors (Lipinski definition) is 3. The van der Waals surface area contributed by atoms with E-state index >= 15 is 0 Å². The second kappa shape index (κ2) is 6.71. The molecule has 1 saturated heterocycles. The van der Waals surface area contributed by atoms with Crippen LogP contribution in [0.1, 0.15) is 40.0 Å². The average molecular weight is 269 g/mol. The first-order valence-electron chi connectivity index (χ1n) is 7.38. The molecular formula is C15H31N3O. The molecular weight excluding hydrogens is 238 g/mol. The number of likely N-dealkylation sites (tertiary alicyclic amines) is 1.